The first kappa shape index (κ1) is 19.2. The van der Waals surface area contributed by atoms with Gasteiger partial charge in [-0.3, -0.25) is 9.69 Å². The molecule has 1 fully saturated rings. The van der Waals surface area contributed by atoms with E-state index in [1.165, 1.54) is 0 Å². The summed E-state index contributed by atoms with van der Waals surface area (Å²) in [5.74, 6) is 1.24. The Morgan fingerprint density at radius 1 is 1.07 bits per heavy atom. The molecular weight excluding hydrogens is 344 g/mol. The fourth-order valence-electron chi connectivity index (χ4n) is 3.02. The molecule has 1 saturated heterocycles. The first-order valence-corrected chi connectivity index (χ1v) is 9.16. The molecule has 0 spiro atoms. The van der Waals surface area contributed by atoms with Crippen LogP contribution in [0.15, 0.2) is 54.6 Å². The van der Waals surface area contributed by atoms with Crippen molar-refractivity contribution in [1.82, 2.24) is 10.2 Å². The molecule has 0 saturated carbocycles. The molecule has 0 radical (unpaired) electrons. The maximum Gasteiger partial charge on any atom is 0.258 e. The number of hydrogen-bond acceptors (Lipinski definition) is 5. The normalized spacial score (nSPS) is 15.7. The van der Waals surface area contributed by atoms with Crippen LogP contribution < -0.4 is 14.8 Å². The number of nitrogens with zero attached hydrogens (tertiary/aromatic N) is 1. The molecule has 0 unspecified atom stereocenters. The van der Waals surface area contributed by atoms with E-state index in [1.54, 1.807) is 31.4 Å². The number of morpholine rings is 1. The number of nitrogens with one attached hydrogen (secondary N) is 1. The van der Waals surface area contributed by atoms with Gasteiger partial charge in [0.05, 0.1) is 26.4 Å². The molecule has 2 aromatic carbocycles. The fourth-order valence-corrected chi connectivity index (χ4v) is 3.02. The molecule has 1 amide bonds. The van der Waals surface area contributed by atoms with E-state index >= 15 is 0 Å². The Balaban J connectivity index is 1.57. The van der Waals surface area contributed by atoms with Gasteiger partial charge in [0.25, 0.3) is 5.91 Å². The summed E-state index contributed by atoms with van der Waals surface area (Å²) in [6.07, 6.45) is 0. The molecule has 1 aliphatic heterocycles. The third-order valence-electron chi connectivity index (χ3n) is 4.51. The number of hydrogen-bond donors (Lipinski definition) is 1. The van der Waals surface area contributed by atoms with Crippen LogP contribution in [0.1, 0.15) is 11.6 Å². The first-order chi connectivity index (χ1) is 13.2. The number of methoxy groups -OCH3 is 1. The van der Waals surface area contributed by atoms with E-state index in [-0.39, 0.29) is 18.6 Å². The summed E-state index contributed by atoms with van der Waals surface area (Å²) in [6.45, 7) is 3.94. The second-order valence-electron chi connectivity index (χ2n) is 6.41. The Bertz CT molecular complexity index is 700. The summed E-state index contributed by atoms with van der Waals surface area (Å²) in [4.78, 5) is 14.8. The van der Waals surface area contributed by atoms with Gasteiger partial charge < -0.3 is 19.5 Å². The van der Waals surface area contributed by atoms with Crippen LogP contribution >= 0.6 is 0 Å². The van der Waals surface area contributed by atoms with E-state index in [9.17, 15) is 4.79 Å². The maximum atomic E-state index is 12.5. The van der Waals surface area contributed by atoms with Gasteiger partial charge in [-0.25, -0.2) is 0 Å². The summed E-state index contributed by atoms with van der Waals surface area (Å²) in [5.41, 5.74) is 1.08. The highest BCUT2D eigenvalue weighted by molar-refractivity contribution is 5.78. The zero-order valence-corrected chi connectivity index (χ0v) is 15.6. The van der Waals surface area contributed by atoms with Gasteiger partial charge in [-0.2, -0.15) is 0 Å². The third kappa shape index (κ3) is 5.98. The smallest absolute Gasteiger partial charge is 0.258 e. The zero-order chi connectivity index (χ0) is 18.9. The number of carbonyl (C=O) groups excluding carboxylic acids is 1. The fraction of sp³-hybridized carbons (Fsp3) is 0.381. The van der Waals surface area contributed by atoms with Gasteiger partial charge in [0.2, 0.25) is 0 Å². The van der Waals surface area contributed by atoms with E-state index in [0.29, 0.717) is 5.75 Å². The van der Waals surface area contributed by atoms with Crippen LogP contribution in [0.4, 0.5) is 0 Å². The maximum absolute atomic E-state index is 12.5. The van der Waals surface area contributed by atoms with Crippen molar-refractivity contribution < 1.29 is 19.0 Å². The molecule has 1 N–H and O–H groups in total. The largest absolute Gasteiger partial charge is 0.497 e. The predicted octanol–water partition coefficient (Wildman–Crippen LogP) is 2.26. The standard InChI is InChI=1S/C21H26N2O4/c1-25-18-7-9-19(10-8-18)27-16-21(24)22-20(17-5-3-2-4-6-17)15-23-11-13-26-14-12-23/h2-10,20H,11-16H2,1H3,(H,22,24)/t20-/m0/s1. The lowest BCUT2D eigenvalue weighted by Gasteiger charge is -2.31. The van der Waals surface area contributed by atoms with Crippen molar-refractivity contribution in [1.29, 1.82) is 0 Å². The summed E-state index contributed by atoms with van der Waals surface area (Å²) >= 11 is 0. The number of rotatable bonds is 8. The van der Waals surface area contributed by atoms with Crippen LogP contribution in [0.3, 0.4) is 0 Å². The number of amides is 1. The van der Waals surface area contributed by atoms with E-state index in [0.717, 1.165) is 44.2 Å². The van der Waals surface area contributed by atoms with Crippen LogP contribution in [-0.4, -0.2) is 57.4 Å². The van der Waals surface area contributed by atoms with Crippen molar-refractivity contribution in [3.8, 4) is 11.5 Å². The first-order valence-electron chi connectivity index (χ1n) is 9.16. The van der Waals surface area contributed by atoms with Crippen molar-refractivity contribution in [2.75, 3.05) is 46.6 Å². The molecule has 1 aliphatic rings. The average Bonchev–Trinajstić information content (AvgIpc) is 2.73. The summed E-state index contributed by atoms with van der Waals surface area (Å²) < 4.78 is 16.1. The number of benzene rings is 2. The summed E-state index contributed by atoms with van der Waals surface area (Å²) in [5, 5.41) is 3.10. The average molecular weight is 370 g/mol. The molecule has 144 valence electrons. The minimum Gasteiger partial charge on any atom is -0.497 e. The Labute approximate surface area is 160 Å². The van der Waals surface area contributed by atoms with Crippen LogP contribution in [0.25, 0.3) is 0 Å². The second kappa shape index (κ2) is 9.94. The van der Waals surface area contributed by atoms with Gasteiger partial charge in [0, 0.05) is 19.6 Å². The van der Waals surface area contributed by atoms with Gasteiger partial charge in [0.15, 0.2) is 6.61 Å². The molecule has 2 aromatic rings. The lowest BCUT2D eigenvalue weighted by molar-refractivity contribution is -0.124. The van der Waals surface area contributed by atoms with Gasteiger partial charge >= 0.3 is 0 Å². The van der Waals surface area contributed by atoms with Crippen molar-refractivity contribution in [2.45, 2.75) is 6.04 Å². The molecular formula is C21H26N2O4. The minimum absolute atomic E-state index is 0.0290. The zero-order valence-electron chi connectivity index (χ0n) is 15.6. The van der Waals surface area contributed by atoms with Crippen LogP contribution in [0, 0.1) is 0 Å². The Morgan fingerprint density at radius 2 is 1.74 bits per heavy atom. The Kier molecular flexibility index (Phi) is 7.07. The van der Waals surface area contributed by atoms with Crippen molar-refractivity contribution in [2.24, 2.45) is 0 Å². The van der Waals surface area contributed by atoms with Gasteiger partial charge in [-0.05, 0) is 29.8 Å². The van der Waals surface area contributed by atoms with Crippen LogP contribution in [0.5, 0.6) is 11.5 Å². The lowest BCUT2D eigenvalue weighted by atomic mass is 10.1. The third-order valence-corrected chi connectivity index (χ3v) is 4.51. The Morgan fingerprint density at radius 3 is 2.41 bits per heavy atom. The monoisotopic (exact) mass is 370 g/mol. The van der Waals surface area contributed by atoms with Crippen molar-refractivity contribution >= 4 is 5.91 Å². The van der Waals surface area contributed by atoms with E-state index < -0.39 is 0 Å². The van der Waals surface area contributed by atoms with Crippen molar-refractivity contribution in [3.63, 3.8) is 0 Å². The second-order valence-corrected chi connectivity index (χ2v) is 6.41. The van der Waals surface area contributed by atoms with E-state index in [1.807, 2.05) is 30.3 Å². The molecule has 1 heterocycles. The minimum atomic E-state index is -0.145. The van der Waals surface area contributed by atoms with Gasteiger partial charge in [-0.1, -0.05) is 30.3 Å². The molecule has 3 rings (SSSR count). The van der Waals surface area contributed by atoms with E-state index in [4.69, 9.17) is 14.2 Å². The van der Waals surface area contributed by atoms with Crippen LogP contribution in [-0.2, 0) is 9.53 Å². The number of carbonyl (C=O) groups is 1. The highest BCUT2D eigenvalue weighted by Crippen LogP contribution is 2.18. The molecule has 27 heavy (non-hydrogen) atoms. The van der Waals surface area contributed by atoms with Crippen LogP contribution in [0.2, 0.25) is 0 Å². The SMILES string of the molecule is COc1ccc(OCC(=O)N[C@@H](CN2CCOCC2)c2ccccc2)cc1. The van der Waals surface area contributed by atoms with Crippen molar-refractivity contribution in [3.05, 3.63) is 60.2 Å². The Hall–Kier alpha value is -2.57. The van der Waals surface area contributed by atoms with E-state index in [2.05, 4.69) is 10.2 Å². The lowest BCUT2D eigenvalue weighted by Crippen LogP contribution is -2.44. The predicted molar refractivity (Wildman–Crippen MR) is 103 cm³/mol. The molecule has 0 bridgehead atoms. The summed E-state index contributed by atoms with van der Waals surface area (Å²) in [6, 6.07) is 17.1. The van der Waals surface area contributed by atoms with Gasteiger partial charge in [-0.15, -0.1) is 0 Å². The molecule has 0 aromatic heterocycles. The highest BCUT2D eigenvalue weighted by atomic mass is 16.5. The molecule has 1 atom stereocenters. The molecule has 6 heteroatoms. The number of ether oxygens (including phenoxy) is 3. The quantitative estimate of drug-likeness (QED) is 0.772. The molecule has 6 nitrogen and oxygen atoms in total. The summed E-state index contributed by atoms with van der Waals surface area (Å²) in [7, 11) is 1.61. The highest BCUT2D eigenvalue weighted by Gasteiger charge is 2.20. The molecule has 0 aliphatic carbocycles. The topological polar surface area (TPSA) is 60.0 Å². The van der Waals surface area contributed by atoms with Gasteiger partial charge in [0.1, 0.15) is 11.5 Å².